The van der Waals surface area contributed by atoms with Crippen molar-refractivity contribution < 1.29 is 57.1 Å². The molecule has 5 aliphatic carbocycles. The standard InChI is InChI=1S/C36H40O12/c1-41-33(42-2)17-25-9-21-13-29(37)15-23(31(21)39)11-27-19-34(43-3,44-4)20-28(36(27,47-7)48-8)12-24-16-30(38)14-22(32(24)40)10-26(18-33)35(25,45-5)46-6/h13-20H,9-12H2,1-8H3. The molecule has 0 aromatic heterocycles. The van der Waals surface area contributed by atoms with Crippen LogP contribution in [0.15, 0.2) is 93.2 Å². The highest BCUT2D eigenvalue weighted by molar-refractivity contribution is 6.21. The lowest BCUT2D eigenvalue weighted by Crippen LogP contribution is -2.47. The van der Waals surface area contributed by atoms with Crippen molar-refractivity contribution in [2.24, 2.45) is 0 Å². The number of hydrogen-bond donors (Lipinski definition) is 0. The third-order valence-electron chi connectivity index (χ3n) is 9.57. The Morgan fingerprint density at radius 2 is 0.625 bits per heavy atom. The lowest BCUT2D eigenvalue weighted by atomic mass is 9.75. The van der Waals surface area contributed by atoms with Gasteiger partial charge in [-0.25, -0.2) is 0 Å². The highest BCUT2D eigenvalue weighted by Gasteiger charge is 2.50. The fourth-order valence-electron chi connectivity index (χ4n) is 7.16. The zero-order valence-electron chi connectivity index (χ0n) is 28.3. The number of Topliss-reactive ketones (excluding diaryl/α,β-unsaturated/α-hetero) is 2. The maximum Gasteiger partial charge on any atom is 0.214 e. The number of hydrogen-bond acceptors (Lipinski definition) is 12. The summed E-state index contributed by atoms with van der Waals surface area (Å²) < 4.78 is 47.2. The molecule has 8 bridgehead atoms. The summed E-state index contributed by atoms with van der Waals surface area (Å²) in [6.07, 6.45) is 11.1. The van der Waals surface area contributed by atoms with Crippen molar-refractivity contribution in [3.05, 3.63) is 93.2 Å². The van der Waals surface area contributed by atoms with Crippen LogP contribution in [0.5, 0.6) is 0 Å². The molecule has 0 radical (unpaired) electrons. The van der Waals surface area contributed by atoms with Crippen molar-refractivity contribution in [3.8, 4) is 0 Å². The minimum atomic E-state index is -1.62. The van der Waals surface area contributed by atoms with Crippen LogP contribution in [0.3, 0.4) is 0 Å². The molecule has 5 rings (SSSR count). The molecular weight excluding hydrogens is 624 g/mol. The summed E-state index contributed by atoms with van der Waals surface area (Å²) in [5, 5.41) is 0. The summed E-state index contributed by atoms with van der Waals surface area (Å²) in [5.41, 5.74) is 2.13. The Hall–Kier alpha value is -3.72. The molecule has 12 nitrogen and oxygen atoms in total. The predicted molar refractivity (Wildman–Crippen MR) is 170 cm³/mol. The number of carbonyl (C=O) groups is 4. The van der Waals surface area contributed by atoms with Gasteiger partial charge in [0.1, 0.15) is 0 Å². The van der Waals surface area contributed by atoms with Gasteiger partial charge in [-0.3, -0.25) is 19.2 Å². The van der Waals surface area contributed by atoms with E-state index in [9.17, 15) is 19.2 Å². The van der Waals surface area contributed by atoms with Crippen LogP contribution in [-0.2, 0) is 57.1 Å². The topological polar surface area (TPSA) is 142 Å². The third kappa shape index (κ3) is 5.71. The smallest absolute Gasteiger partial charge is 0.214 e. The van der Waals surface area contributed by atoms with Crippen LogP contribution in [0.1, 0.15) is 25.7 Å². The SMILES string of the molecule is COC1(OC)C=C2CC3=CC(=O)C=C(CC4=CC(OC)(OC)C=C(CC5=CC(=O)C=C(CC(=C1)C2(OC)OC)C5=O)C4(OC)OC)C3=O. The monoisotopic (exact) mass is 664 g/mol. The van der Waals surface area contributed by atoms with Crippen LogP contribution < -0.4 is 0 Å². The molecule has 0 amide bonds. The van der Waals surface area contributed by atoms with Crippen molar-refractivity contribution >= 4 is 23.1 Å². The van der Waals surface area contributed by atoms with Gasteiger partial charge in [-0.2, -0.15) is 0 Å². The molecule has 5 aliphatic rings. The lowest BCUT2D eigenvalue weighted by molar-refractivity contribution is -0.175. The van der Waals surface area contributed by atoms with E-state index in [-0.39, 0.29) is 48.0 Å². The van der Waals surface area contributed by atoms with Gasteiger partial charge in [0.25, 0.3) is 0 Å². The molecule has 0 spiro atoms. The number of allylic oxidation sites excluding steroid dienone is 8. The molecule has 0 aliphatic heterocycles. The molecule has 48 heavy (non-hydrogen) atoms. The number of carbonyl (C=O) groups excluding carboxylic acids is 4. The summed E-state index contributed by atoms with van der Waals surface area (Å²) in [6, 6.07) is 0. The Kier molecular flexibility index (Phi) is 9.86. The fourth-order valence-corrected chi connectivity index (χ4v) is 7.16. The van der Waals surface area contributed by atoms with Gasteiger partial charge in [0.15, 0.2) is 23.1 Å². The lowest BCUT2D eigenvalue weighted by Gasteiger charge is -2.44. The number of ketones is 4. The summed E-state index contributed by atoms with van der Waals surface area (Å²) >= 11 is 0. The van der Waals surface area contributed by atoms with E-state index in [1.54, 1.807) is 24.3 Å². The Bertz CT molecular complexity index is 1450. The molecule has 0 aromatic rings. The first kappa shape index (κ1) is 35.6. The Labute approximate surface area is 279 Å². The quantitative estimate of drug-likeness (QED) is 0.214. The molecule has 1 saturated carbocycles. The molecule has 0 N–H and O–H groups in total. The largest absolute Gasteiger partial charge is 0.346 e. The maximum absolute atomic E-state index is 14.2. The number of methoxy groups -OCH3 is 8. The first-order chi connectivity index (χ1) is 22.9. The van der Waals surface area contributed by atoms with Gasteiger partial charge in [0, 0.05) is 105 Å². The molecule has 0 saturated heterocycles. The second-order valence-electron chi connectivity index (χ2n) is 11.8. The van der Waals surface area contributed by atoms with Gasteiger partial charge in [0.2, 0.25) is 23.1 Å². The molecule has 0 aromatic carbocycles. The van der Waals surface area contributed by atoms with E-state index in [2.05, 4.69) is 0 Å². The fraction of sp³-hybridized carbons (Fsp3) is 0.444. The zero-order valence-corrected chi connectivity index (χ0v) is 28.3. The van der Waals surface area contributed by atoms with E-state index in [0.29, 0.717) is 22.3 Å². The predicted octanol–water partition coefficient (Wildman–Crippen LogP) is 3.26. The first-order valence-corrected chi connectivity index (χ1v) is 15.2. The molecule has 0 atom stereocenters. The van der Waals surface area contributed by atoms with Crippen molar-refractivity contribution in [1.29, 1.82) is 0 Å². The average Bonchev–Trinajstić information content (AvgIpc) is 3.08. The number of fused-ring (bicyclic) bond motifs is 8. The van der Waals surface area contributed by atoms with Gasteiger partial charge in [-0.15, -0.1) is 0 Å². The van der Waals surface area contributed by atoms with Crippen LogP contribution in [0, 0.1) is 0 Å². The van der Waals surface area contributed by atoms with Crippen LogP contribution in [0.25, 0.3) is 0 Å². The minimum absolute atomic E-state index is 0.115. The van der Waals surface area contributed by atoms with Crippen molar-refractivity contribution in [1.82, 2.24) is 0 Å². The Morgan fingerprint density at radius 1 is 0.396 bits per heavy atom. The summed E-state index contributed by atoms with van der Waals surface area (Å²) in [7, 11) is 11.4. The summed E-state index contributed by atoms with van der Waals surface area (Å²) in [6.45, 7) is 0. The van der Waals surface area contributed by atoms with E-state index in [0.717, 1.165) is 0 Å². The zero-order chi connectivity index (χ0) is 35.1. The van der Waals surface area contributed by atoms with E-state index >= 15 is 0 Å². The molecular formula is C36H40O12. The molecule has 12 heteroatoms. The van der Waals surface area contributed by atoms with Crippen LogP contribution in [-0.4, -0.2) is 103 Å². The summed E-state index contributed by atoms with van der Waals surface area (Å²) in [5.74, 6) is -7.74. The maximum atomic E-state index is 14.2. The van der Waals surface area contributed by atoms with E-state index in [1.165, 1.54) is 81.2 Å². The van der Waals surface area contributed by atoms with Crippen LogP contribution >= 0.6 is 0 Å². The highest BCUT2D eigenvalue weighted by Crippen LogP contribution is 2.48. The first-order valence-electron chi connectivity index (χ1n) is 15.2. The number of ether oxygens (including phenoxy) is 8. The second-order valence-corrected chi connectivity index (χ2v) is 11.8. The van der Waals surface area contributed by atoms with Crippen molar-refractivity contribution in [2.75, 3.05) is 56.9 Å². The summed E-state index contributed by atoms with van der Waals surface area (Å²) in [4.78, 5) is 54.9. The minimum Gasteiger partial charge on any atom is -0.346 e. The molecule has 0 heterocycles. The van der Waals surface area contributed by atoms with Crippen LogP contribution in [0.4, 0.5) is 0 Å². The van der Waals surface area contributed by atoms with E-state index < -0.39 is 46.3 Å². The molecule has 1 fully saturated rings. The molecule has 0 unspecified atom stereocenters. The van der Waals surface area contributed by atoms with Gasteiger partial charge >= 0.3 is 0 Å². The van der Waals surface area contributed by atoms with Crippen molar-refractivity contribution in [3.63, 3.8) is 0 Å². The number of rotatable bonds is 8. The Balaban J connectivity index is 1.78. The van der Waals surface area contributed by atoms with Gasteiger partial charge in [0.05, 0.1) is 0 Å². The highest BCUT2D eigenvalue weighted by atomic mass is 16.7. The van der Waals surface area contributed by atoms with Gasteiger partial charge in [-0.05, 0) is 70.9 Å². The molecule has 256 valence electrons. The third-order valence-corrected chi connectivity index (χ3v) is 9.57. The van der Waals surface area contributed by atoms with E-state index in [4.69, 9.17) is 37.9 Å². The average molecular weight is 665 g/mol. The Morgan fingerprint density at radius 3 is 0.812 bits per heavy atom. The van der Waals surface area contributed by atoms with Crippen molar-refractivity contribution in [2.45, 2.75) is 48.8 Å². The normalized spacial score (nSPS) is 24.3. The van der Waals surface area contributed by atoms with Crippen LogP contribution in [0.2, 0.25) is 0 Å². The van der Waals surface area contributed by atoms with Gasteiger partial charge in [-0.1, -0.05) is 0 Å². The van der Waals surface area contributed by atoms with E-state index in [1.807, 2.05) is 0 Å². The van der Waals surface area contributed by atoms with Gasteiger partial charge < -0.3 is 37.9 Å². The second kappa shape index (κ2) is 13.3.